The van der Waals surface area contributed by atoms with Gasteiger partial charge in [-0.15, -0.1) is 0 Å². The van der Waals surface area contributed by atoms with Crippen LogP contribution in [0.2, 0.25) is 0 Å². The molecule has 7 nitrogen and oxygen atoms in total. The quantitative estimate of drug-likeness (QED) is 0.542. The Kier molecular flexibility index (Phi) is 7.22. The molecule has 1 unspecified atom stereocenters. The van der Waals surface area contributed by atoms with Gasteiger partial charge in [-0.25, -0.2) is 9.59 Å². The van der Waals surface area contributed by atoms with Crippen LogP contribution in [0.15, 0.2) is 0 Å². The Morgan fingerprint density at radius 2 is 1.43 bits per heavy atom. The average Bonchev–Trinajstić information content (AvgIpc) is 2.29. The van der Waals surface area contributed by atoms with Gasteiger partial charge in [-0.3, -0.25) is 10.1 Å². The molecule has 0 aliphatic heterocycles. The van der Waals surface area contributed by atoms with Crippen LogP contribution in [-0.4, -0.2) is 46.8 Å². The Hall–Kier alpha value is -1.63. The Labute approximate surface area is 137 Å². The molecule has 0 saturated heterocycles. The van der Waals surface area contributed by atoms with Crippen molar-refractivity contribution in [3.8, 4) is 0 Å². The first-order chi connectivity index (χ1) is 10.2. The van der Waals surface area contributed by atoms with Gasteiger partial charge in [0.05, 0.1) is 0 Å². The fourth-order valence-corrected chi connectivity index (χ4v) is 1.89. The second kappa shape index (κ2) is 7.77. The van der Waals surface area contributed by atoms with Crippen LogP contribution in [0.5, 0.6) is 0 Å². The molecule has 23 heavy (non-hydrogen) atoms. The lowest BCUT2D eigenvalue weighted by Crippen LogP contribution is -2.58. The van der Waals surface area contributed by atoms with E-state index in [4.69, 9.17) is 9.47 Å². The molecule has 0 fully saturated rings. The minimum Gasteiger partial charge on any atom is -0.479 e. The van der Waals surface area contributed by atoms with Crippen LogP contribution in [0.3, 0.4) is 0 Å². The highest BCUT2D eigenvalue weighted by Gasteiger charge is 2.47. The summed E-state index contributed by atoms with van der Waals surface area (Å²) in [4.78, 5) is 35.6. The lowest BCUT2D eigenvalue weighted by molar-refractivity contribution is -0.172. The molecule has 0 aromatic heterocycles. The van der Waals surface area contributed by atoms with Crippen LogP contribution in [0, 0.1) is 0 Å². The molecule has 0 spiro atoms. The number of nitrogens with one attached hydrogen (secondary N) is 1. The predicted molar refractivity (Wildman–Crippen MR) is 85.0 cm³/mol. The number of ether oxygens (including phenoxy) is 2. The number of rotatable bonds is 7. The van der Waals surface area contributed by atoms with E-state index in [0.717, 1.165) is 0 Å². The smallest absolute Gasteiger partial charge is 0.338 e. The van der Waals surface area contributed by atoms with E-state index in [0.29, 0.717) is 0 Å². The van der Waals surface area contributed by atoms with E-state index in [2.05, 4.69) is 5.32 Å². The van der Waals surface area contributed by atoms with Crippen molar-refractivity contribution in [1.29, 1.82) is 0 Å². The number of carboxylic acids is 1. The minimum absolute atomic E-state index is 0.0246. The van der Waals surface area contributed by atoms with Gasteiger partial charge in [-0.05, 0) is 61.4 Å². The topological polar surface area (TPSA) is 102 Å². The molecule has 1 atom stereocenters. The number of hydrogen-bond donors (Lipinski definition) is 2. The van der Waals surface area contributed by atoms with Crippen molar-refractivity contribution in [2.24, 2.45) is 0 Å². The summed E-state index contributed by atoms with van der Waals surface area (Å²) in [6.07, 6.45) is 0.130. The zero-order valence-corrected chi connectivity index (χ0v) is 15.1. The molecule has 134 valence electrons. The van der Waals surface area contributed by atoms with Gasteiger partial charge in [0.2, 0.25) is 5.54 Å². The van der Waals surface area contributed by atoms with E-state index in [1.165, 1.54) is 7.05 Å². The molecule has 0 amide bonds. The third kappa shape index (κ3) is 7.45. The average molecular weight is 331 g/mol. The molecule has 0 bridgehead atoms. The van der Waals surface area contributed by atoms with Crippen molar-refractivity contribution in [1.82, 2.24) is 5.32 Å². The summed E-state index contributed by atoms with van der Waals surface area (Å²) < 4.78 is 10.4. The molecule has 0 aromatic rings. The van der Waals surface area contributed by atoms with Crippen molar-refractivity contribution in [2.75, 3.05) is 7.05 Å². The van der Waals surface area contributed by atoms with Crippen molar-refractivity contribution in [3.63, 3.8) is 0 Å². The highest BCUT2D eigenvalue weighted by atomic mass is 16.6. The van der Waals surface area contributed by atoms with Crippen molar-refractivity contribution in [3.05, 3.63) is 0 Å². The summed E-state index contributed by atoms with van der Waals surface area (Å²) in [6.45, 7) is 10.2. The molecule has 0 rings (SSSR count). The molecule has 7 heteroatoms. The minimum atomic E-state index is -1.88. The maximum Gasteiger partial charge on any atom is 0.338 e. The van der Waals surface area contributed by atoms with Crippen LogP contribution in [0.1, 0.15) is 60.8 Å². The third-order valence-electron chi connectivity index (χ3n) is 2.89. The SMILES string of the molecule is CNC(CCCC(=O)OC(C)(C)C)(C(=O)O)C(=O)OC(C)(C)C. The lowest BCUT2D eigenvalue weighted by atomic mass is 9.92. The molecular formula is C16H29NO6. The van der Waals surface area contributed by atoms with E-state index < -0.39 is 34.6 Å². The monoisotopic (exact) mass is 331 g/mol. The number of aliphatic carboxylic acids is 1. The number of likely N-dealkylation sites (N-methyl/N-ethyl adjacent to an activating group) is 1. The Morgan fingerprint density at radius 1 is 0.957 bits per heavy atom. The van der Waals surface area contributed by atoms with Gasteiger partial charge in [0.15, 0.2) is 0 Å². The molecule has 0 radical (unpaired) electrons. The fourth-order valence-electron chi connectivity index (χ4n) is 1.89. The van der Waals surface area contributed by atoms with E-state index in [1.807, 2.05) is 0 Å². The Balaban J connectivity index is 4.91. The molecule has 0 aliphatic carbocycles. The summed E-state index contributed by atoms with van der Waals surface area (Å²) in [5, 5.41) is 12.0. The zero-order valence-electron chi connectivity index (χ0n) is 15.1. The van der Waals surface area contributed by atoms with Gasteiger partial charge in [-0.2, -0.15) is 0 Å². The molecule has 0 saturated carbocycles. The van der Waals surface area contributed by atoms with Crippen LogP contribution in [0.25, 0.3) is 0 Å². The molecule has 2 N–H and O–H groups in total. The van der Waals surface area contributed by atoms with Crippen LogP contribution in [0.4, 0.5) is 0 Å². The maximum absolute atomic E-state index is 12.3. The molecular weight excluding hydrogens is 302 g/mol. The standard InChI is InChI=1S/C16H29NO6/c1-14(2,3)22-11(18)9-8-10-16(17-7,12(19)20)13(21)23-15(4,5)6/h17H,8-10H2,1-7H3,(H,19,20). The zero-order chi connectivity index (χ0) is 18.5. The van der Waals surface area contributed by atoms with Crippen molar-refractivity contribution < 1.29 is 29.0 Å². The Bertz CT molecular complexity index is 446. The third-order valence-corrected chi connectivity index (χ3v) is 2.89. The largest absolute Gasteiger partial charge is 0.479 e. The van der Waals surface area contributed by atoms with Gasteiger partial charge < -0.3 is 14.6 Å². The van der Waals surface area contributed by atoms with Crippen molar-refractivity contribution >= 4 is 17.9 Å². The van der Waals surface area contributed by atoms with E-state index >= 15 is 0 Å². The highest BCUT2D eigenvalue weighted by Crippen LogP contribution is 2.21. The fraction of sp³-hybridized carbons (Fsp3) is 0.812. The molecule has 0 aromatic carbocycles. The Morgan fingerprint density at radius 3 is 1.78 bits per heavy atom. The highest BCUT2D eigenvalue weighted by molar-refractivity contribution is 6.04. The molecule has 0 heterocycles. The lowest BCUT2D eigenvalue weighted by Gasteiger charge is -2.30. The number of carboxylic acid groups (broad SMARTS) is 1. The van der Waals surface area contributed by atoms with Crippen LogP contribution in [-0.2, 0) is 23.9 Å². The number of carbonyl (C=O) groups excluding carboxylic acids is 2. The summed E-state index contributed by atoms with van der Waals surface area (Å²) in [5.74, 6) is -2.64. The normalized spacial score (nSPS) is 14.7. The summed E-state index contributed by atoms with van der Waals surface area (Å²) in [6, 6.07) is 0. The number of esters is 2. The van der Waals surface area contributed by atoms with E-state index in [9.17, 15) is 19.5 Å². The summed E-state index contributed by atoms with van der Waals surface area (Å²) in [7, 11) is 1.38. The second-order valence-corrected chi connectivity index (χ2v) is 7.40. The van der Waals surface area contributed by atoms with Gasteiger partial charge in [0, 0.05) is 6.42 Å². The first-order valence-electron chi connectivity index (χ1n) is 7.61. The van der Waals surface area contributed by atoms with Crippen molar-refractivity contribution in [2.45, 2.75) is 77.5 Å². The van der Waals surface area contributed by atoms with Gasteiger partial charge in [-0.1, -0.05) is 0 Å². The van der Waals surface area contributed by atoms with Crippen LogP contribution >= 0.6 is 0 Å². The van der Waals surface area contributed by atoms with Gasteiger partial charge in [0.25, 0.3) is 0 Å². The molecule has 0 aliphatic rings. The van der Waals surface area contributed by atoms with Gasteiger partial charge >= 0.3 is 17.9 Å². The summed E-state index contributed by atoms with van der Waals surface area (Å²) >= 11 is 0. The summed E-state index contributed by atoms with van der Waals surface area (Å²) in [5.41, 5.74) is -3.29. The van der Waals surface area contributed by atoms with E-state index in [1.54, 1.807) is 41.5 Å². The second-order valence-electron chi connectivity index (χ2n) is 7.40. The van der Waals surface area contributed by atoms with Gasteiger partial charge in [0.1, 0.15) is 11.2 Å². The predicted octanol–water partition coefficient (Wildman–Crippen LogP) is 1.88. The number of carbonyl (C=O) groups is 3. The van der Waals surface area contributed by atoms with E-state index in [-0.39, 0.29) is 19.3 Å². The number of hydrogen-bond acceptors (Lipinski definition) is 6. The first kappa shape index (κ1) is 21.4. The van der Waals surface area contributed by atoms with Crippen LogP contribution < -0.4 is 5.32 Å². The first-order valence-corrected chi connectivity index (χ1v) is 7.61. The maximum atomic E-state index is 12.3.